The summed E-state index contributed by atoms with van der Waals surface area (Å²) in [5.41, 5.74) is 2.86. The smallest absolute Gasteiger partial charge is 0.317 e. The van der Waals surface area contributed by atoms with Gasteiger partial charge in [-0.15, -0.1) is 0 Å². The summed E-state index contributed by atoms with van der Waals surface area (Å²) >= 11 is 0. The molecule has 0 heterocycles. The van der Waals surface area contributed by atoms with Crippen molar-refractivity contribution in [3.05, 3.63) is 54.1 Å². The van der Waals surface area contributed by atoms with Gasteiger partial charge in [-0.25, -0.2) is 0 Å². The first-order valence-electron chi connectivity index (χ1n) is 10.0. The van der Waals surface area contributed by atoms with Gasteiger partial charge in [0.25, 0.3) is 0 Å². The molecule has 4 nitrogen and oxygen atoms in total. The third-order valence-electron chi connectivity index (χ3n) is 4.07. The molecule has 2 aromatic carbocycles. The van der Waals surface area contributed by atoms with E-state index in [2.05, 4.69) is 51.9 Å². The van der Waals surface area contributed by atoms with Gasteiger partial charge in [0.1, 0.15) is 5.75 Å². The summed E-state index contributed by atoms with van der Waals surface area (Å²) in [6.45, 7) is 16.1. The van der Waals surface area contributed by atoms with Crippen LogP contribution in [-0.4, -0.2) is 31.8 Å². The number of hydrogen-bond donors (Lipinski definition) is 0. The number of benzene rings is 2. The van der Waals surface area contributed by atoms with E-state index in [-0.39, 0.29) is 0 Å². The maximum absolute atomic E-state index is 8.92. The summed E-state index contributed by atoms with van der Waals surface area (Å²) < 4.78 is 19.1. The van der Waals surface area contributed by atoms with Crippen LogP contribution in [0.15, 0.2) is 48.5 Å². The Morgan fingerprint density at radius 1 is 0.724 bits per heavy atom. The second kappa shape index (κ2) is 9.41. The SMILES string of the molecule is C[Si](C)(C)O[Si](C)(CCOc1ccc(-c2ccc(C#N)cc2)cc1)O[Si](C)(C)C. The van der Waals surface area contributed by atoms with E-state index in [4.69, 9.17) is 18.2 Å². The van der Waals surface area contributed by atoms with Crippen molar-refractivity contribution in [2.45, 2.75) is 51.9 Å². The van der Waals surface area contributed by atoms with E-state index in [0.717, 1.165) is 22.9 Å². The van der Waals surface area contributed by atoms with Crippen LogP contribution in [0.5, 0.6) is 5.75 Å². The van der Waals surface area contributed by atoms with Gasteiger partial charge in [0.15, 0.2) is 16.6 Å². The van der Waals surface area contributed by atoms with Gasteiger partial charge >= 0.3 is 8.56 Å². The summed E-state index contributed by atoms with van der Waals surface area (Å²) in [5.74, 6) is 0.847. The van der Waals surface area contributed by atoms with Crippen LogP contribution in [0.3, 0.4) is 0 Å². The van der Waals surface area contributed by atoms with Gasteiger partial charge in [-0.2, -0.15) is 5.26 Å². The average molecular weight is 444 g/mol. The maximum atomic E-state index is 8.92. The Bertz CT molecular complexity index is 816. The zero-order valence-electron chi connectivity index (χ0n) is 18.7. The molecule has 0 spiro atoms. The molecule has 0 fully saturated rings. The van der Waals surface area contributed by atoms with Crippen LogP contribution in [0.2, 0.25) is 51.9 Å². The largest absolute Gasteiger partial charge is 0.494 e. The molecule has 0 N–H and O–H groups in total. The fourth-order valence-electron chi connectivity index (χ4n) is 3.25. The second-order valence-electron chi connectivity index (χ2n) is 9.37. The van der Waals surface area contributed by atoms with Crippen LogP contribution < -0.4 is 4.74 Å². The summed E-state index contributed by atoms with van der Waals surface area (Å²) in [4.78, 5) is 0. The molecule has 0 aliphatic rings. The van der Waals surface area contributed by atoms with Crippen molar-refractivity contribution in [3.63, 3.8) is 0 Å². The Morgan fingerprint density at radius 3 is 1.59 bits per heavy atom. The van der Waals surface area contributed by atoms with Crippen LogP contribution in [0.1, 0.15) is 5.56 Å². The van der Waals surface area contributed by atoms with E-state index in [1.807, 2.05) is 48.5 Å². The molecule has 0 atom stereocenters. The highest BCUT2D eigenvalue weighted by atomic mass is 28.5. The molecule has 0 unspecified atom stereocenters. The molecule has 0 aliphatic carbocycles. The van der Waals surface area contributed by atoms with Gasteiger partial charge in [0.2, 0.25) is 0 Å². The van der Waals surface area contributed by atoms with Crippen molar-refractivity contribution < 1.29 is 13.0 Å². The van der Waals surface area contributed by atoms with E-state index in [0.29, 0.717) is 12.2 Å². The summed E-state index contributed by atoms with van der Waals surface area (Å²) in [7, 11) is -5.66. The summed E-state index contributed by atoms with van der Waals surface area (Å²) in [6, 6.07) is 18.6. The minimum Gasteiger partial charge on any atom is -0.494 e. The van der Waals surface area contributed by atoms with Crippen molar-refractivity contribution >= 4 is 25.2 Å². The molecular formula is C22H33NO3Si3. The number of rotatable bonds is 9. The molecule has 0 radical (unpaired) electrons. The van der Waals surface area contributed by atoms with Crippen LogP contribution in [-0.2, 0) is 8.23 Å². The normalized spacial score (nSPS) is 12.5. The first-order valence-corrected chi connectivity index (χ1v) is 19.4. The summed E-state index contributed by atoms with van der Waals surface area (Å²) in [6.07, 6.45) is 0. The minimum absolute atomic E-state index is 0.591. The fraction of sp³-hybridized carbons (Fsp3) is 0.409. The van der Waals surface area contributed by atoms with Gasteiger partial charge < -0.3 is 13.0 Å². The Kier molecular flexibility index (Phi) is 7.65. The Hall–Kier alpha value is -1.70. The lowest BCUT2D eigenvalue weighted by atomic mass is 10.0. The lowest BCUT2D eigenvalue weighted by molar-refractivity contribution is 0.310. The molecule has 0 aromatic heterocycles. The van der Waals surface area contributed by atoms with E-state index < -0.39 is 25.2 Å². The van der Waals surface area contributed by atoms with Crippen molar-refractivity contribution in [2.75, 3.05) is 6.61 Å². The van der Waals surface area contributed by atoms with Crippen LogP contribution in [0.25, 0.3) is 11.1 Å². The van der Waals surface area contributed by atoms with E-state index in [1.165, 1.54) is 0 Å². The van der Waals surface area contributed by atoms with E-state index in [1.54, 1.807) is 0 Å². The average Bonchev–Trinajstić information content (AvgIpc) is 2.59. The molecule has 0 saturated carbocycles. The molecule has 2 aromatic rings. The molecule has 0 bridgehead atoms. The minimum atomic E-state index is -2.27. The second-order valence-corrected chi connectivity index (χ2v) is 22.2. The van der Waals surface area contributed by atoms with Gasteiger partial charge in [-0.3, -0.25) is 0 Å². The van der Waals surface area contributed by atoms with Crippen molar-refractivity contribution in [1.82, 2.24) is 0 Å². The first kappa shape index (κ1) is 23.6. The number of nitriles is 1. The zero-order chi connectivity index (χ0) is 21.7. The highest BCUT2D eigenvalue weighted by Gasteiger charge is 2.40. The van der Waals surface area contributed by atoms with E-state index >= 15 is 0 Å². The third kappa shape index (κ3) is 8.28. The predicted octanol–water partition coefficient (Wildman–Crippen LogP) is 6.38. The van der Waals surface area contributed by atoms with Gasteiger partial charge in [0, 0.05) is 6.04 Å². The molecule has 156 valence electrons. The van der Waals surface area contributed by atoms with Crippen LogP contribution in [0, 0.1) is 11.3 Å². The monoisotopic (exact) mass is 443 g/mol. The molecule has 7 heteroatoms. The molecule has 29 heavy (non-hydrogen) atoms. The maximum Gasteiger partial charge on any atom is 0.317 e. The first-order chi connectivity index (χ1) is 13.4. The Balaban J connectivity index is 1.99. The highest BCUT2D eigenvalue weighted by molar-refractivity contribution is 6.87. The topological polar surface area (TPSA) is 51.5 Å². The van der Waals surface area contributed by atoms with Crippen molar-refractivity contribution in [2.24, 2.45) is 0 Å². The predicted molar refractivity (Wildman–Crippen MR) is 127 cm³/mol. The molecule has 0 aliphatic heterocycles. The lowest BCUT2D eigenvalue weighted by Crippen LogP contribution is -2.53. The van der Waals surface area contributed by atoms with Crippen LogP contribution >= 0.6 is 0 Å². The highest BCUT2D eigenvalue weighted by Crippen LogP contribution is 2.26. The van der Waals surface area contributed by atoms with Crippen molar-refractivity contribution in [1.29, 1.82) is 5.26 Å². The molecule has 0 amide bonds. The van der Waals surface area contributed by atoms with E-state index in [9.17, 15) is 0 Å². The third-order valence-corrected chi connectivity index (χ3v) is 13.5. The quantitative estimate of drug-likeness (QED) is 0.422. The summed E-state index contributed by atoms with van der Waals surface area (Å²) in [5, 5.41) is 8.92. The van der Waals surface area contributed by atoms with Crippen LogP contribution in [0.4, 0.5) is 0 Å². The molecule has 0 saturated heterocycles. The lowest BCUT2D eigenvalue weighted by Gasteiger charge is -2.38. The van der Waals surface area contributed by atoms with Gasteiger partial charge in [-0.1, -0.05) is 24.3 Å². The number of hydrogen-bond acceptors (Lipinski definition) is 4. The van der Waals surface area contributed by atoms with Crippen molar-refractivity contribution in [3.8, 4) is 22.9 Å². The fourth-order valence-corrected chi connectivity index (χ4v) is 15.4. The van der Waals surface area contributed by atoms with Gasteiger partial charge in [0.05, 0.1) is 18.2 Å². The number of nitrogens with zero attached hydrogens (tertiary/aromatic N) is 1. The number of ether oxygens (including phenoxy) is 1. The zero-order valence-corrected chi connectivity index (χ0v) is 21.7. The Morgan fingerprint density at radius 2 is 1.17 bits per heavy atom. The molecule has 2 rings (SSSR count). The molecular weight excluding hydrogens is 411 g/mol. The van der Waals surface area contributed by atoms with Gasteiger partial charge in [-0.05, 0) is 81.2 Å². The standard InChI is InChI=1S/C22H33NO3Si3/c1-27(2,3)25-29(7,26-28(4,5)6)17-16-24-22-14-12-21(13-15-22)20-10-8-19(18-23)9-11-20/h8-15H,16-17H2,1-7H3. The Labute approximate surface area is 179 Å².